The van der Waals surface area contributed by atoms with Crippen LogP contribution in [-0.4, -0.2) is 16.9 Å². The first-order valence-corrected chi connectivity index (χ1v) is 5.52. The molecule has 0 aromatic heterocycles. The molecule has 98 valence electrons. The third kappa shape index (κ3) is 3.53. The van der Waals surface area contributed by atoms with E-state index >= 15 is 0 Å². The number of nitro groups is 1. The van der Waals surface area contributed by atoms with Crippen LogP contribution in [-0.2, 0) is 4.79 Å². The summed E-state index contributed by atoms with van der Waals surface area (Å²) in [6.07, 6.45) is 0. The predicted molar refractivity (Wildman–Crippen MR) is 69.2 cm³/mol. The third-order valence-corrected chi connectivity index (χ3v) is 2.56. The molecule has 6 nitrogen and oxygen atoms in total. The average molecular weight is 251 g/mol. The van der Waals surface area contributed by atoms with Gasteiger partial charge in [0.15, 0.2) is 0 Å². The number of anilines is 1. The summed E-state index contributed by atoms with van der Waals surface area (Å²) in [4.78, 5) is 21.8. The van der Waals surface area contributed by atoms with Gasteiger partial charge in [-0.1, -0.05) is 20.8 Å². The molecule has 3 N–H and O–H groups in total. The summed E-state index contributed by atoms with van der Waals surface area (Å²) in [6.45, 7) is 5.60. The second kappa shape index (κ2) is 5.14. The Balaban J connectivity index is 2.74. The van der Waals surface area contributed by atoms with E-state index in [2.05, 4.69) is 5.32 Å². The summed E-state index contributed by atoms with van der Waals surface area (Å²) < 4.78 is 0. The molecule has 0 unspecified atom stereocenters. The van der Waals surface area contributed by atoms with Gasteiger partial charge in [-0.2, -0.15) is 0 Å². The molecule has 18 heavy (non-hydrogen) atoms. The van der Waals surface area contributed by atoms with Crippen molar-refractivity contribution in [3.63, 3.8) is 0 Å². The van der Waals surface area contributed by atoms with E-state index in [1.54, 1.807) is 0 Å². The molecule has 1 atom stereocenters. The van der Waals surface area contributed by atoms with E-state index in [9.17, 15) is 14.9 Å². The molecule has 0 saturated heterocycles. The van der Waals surface area contributed by atoms with Crippen molar-refractivity contribution < 1.29 is 9.72 Å². The Labute approximate surface area is 105 Å². The molecule has 0 heterocycles. The van der Waals surface area contributed by atoms with Crippen LogP contribution in [0.3, 0.4) is 0 Å². The molecule has 1 aromatic carbocycles. The lowest BCUT2D eigenvalue weighted by Crippen LogP contribution is -2.45. The maximum Gasteiger partial charge on any atom is 0.269 e. The van der Waals surface area contributed by atoms with Crippen molar-refractivity contribution in [2.24, 2.45) is 11.1 Å². The summed E-state index contributed by atoms with van der Waals surface area (Å²) in [5, 5.41) is 13.1. The van der Waals surface area contributed by atoms with Gasteiger partial charge in [0.25, 0.3) is 5.69 Å². The van der Waals surface area contributed by atoms with Crippen molar-refractivity contribution in [3.05, 3.63) is 34.4 Å². The standard InChI is InChI=1S/C12H17N3O3/c1-12(2,3)10(13)11(16)14-8-4-6-9(7-5-8)15(17)18/h4-7,10H,13H2,1-3H3,(H,14,16)/t10-/m0/s1. The highest BCUT2D eigenvalue weighted by Crippen LogP contribution is 2.20. The minimum absolute atomic E-state index is 0.0203. The highest BCUT2D eigenvalue weighted by atomic mass is 16.6. The van der Waals surface area contributed by atoms with E-state index in [0.717, 1.165) is 0 Å². The number of hydrogen-bond donors (Lipinski definition) is 2. The number of nitrogens with one attached hydrogen (secondary N) is 1. The fraction of sp³-hybridized carbons (Fsp3) is 0.417. The number of non-ortho nitro benzene ring substituents is 1. The fourth-order valence-electron chi connectivity index (χ4n) is 1.28. The summed E-state index contributed by atoms with van der Waals surface area (Å²) >= 11 is 0. The zero-order valence-electron chi connectivity index (χ0n) is 10.6. The van der Waals surface area contributed by atoms with E-state index in [1.165, 1.54) is 24.3 Å². The van der Waals surface area contributed by atoms with Crippen LogP contribution >= 0.6 is 0 Å². The molecule has 1 rings (SSSR count). The maximum atomic E-state index is 11.8. The van der Waals surface area contributed by atoms with Gasteiger partial charge in [0.05, 0.1) is 11.0 Å². The zero-order chi connectivity index (χ0) is 13.9. The first kappa shape index (κ1) is 14.1. The molecule has 0 aliphatic rings. The van der Waals surface area contributed by atoms with Gasteiger partial charge in [-0.25, -0.2) is 0 Å². The van der Waals surface area contributed by atoms with Crippen LogP contribution in [0.5, 0.6) is 0 Å². The summed E-state index contributed by atoms with van der Waals surface area (Å²) in [7, 11) is 0. The summed E-state index contributed by atoms with van der Waals surface area (Å²) in [5.74, 6) is -0.309. The second-order valence-corrected chi connectivity index (χ2v) is 5.14. The number of carbonyl (C=O) groups is 1. The topological polar surface area (TPSA) is 98.3 Å². The first-order valence-electron chi connectivity index (χ1n) is 5.52. The van der Waals surface area contributed by atoms with Crippen LogP contribution in [0.1, 0.15) is 20.8 Å². The zero-order valence-corrected chi connectivity index (χ0v) is 10.6. The Bertz CT molecular complexity index is 449. The fourth-order valence-corrected chi connectivity index (χ4v) is 1.28. The Morgan fingerprint density at radius 1 is 1.33 bits per heavy atom. The van der Waals surface area contributed by atoms with E-state index < -0.39 is 11.0 Å². The van der Waals surface area contributed by atoms with Gasteiger partial charge in [0.2, 0.25) is 5.91 Å². The molecule has 0 fully saturated rings. The SMILES string of the molecule is CC(C)(C)[C@@H](N)C(=O)Nc1ccc([N+](=O)[O-])cc1. The van der Waals surface area contributed by atoms with Crippen LogP contribution in [0.15, 0.2) is 24.3 Å². The molecular weight excluding hydrogens is 234 g/mol. The number of amides is 1. The van der Waals surface area contributed by atoms with Crippen LogP contribution in [0.2, 0.25) is 0 Å². The van der Waals surface area contributed by atoms with Crippen molar-refractivity contribution in [1.82, 2.24) is 0 Å². The number of nitro benzene ring substituents is 1. The van der Waals surface area contributed by atoms with E-state index in [1.807, 2.05) is 20.8 Å². The molecule has 1 amide bonds. The van der Waals surface area contributed by atoms with E-state index in [-0.39, 0.29) is 17.0 Å². The molecule has 0 saturated carbocycles. The monoisotopic (exact) mass is 251 g/mol. The van der Waals surface area contributed by atoms with Crippen LogP contribution in [0, 0.1) is 15.5 Å². The molecule has 0 spiro atoms. The Morgan fingerprint density at radius 2 is 1.83 bits per heavy atom. The Hall–Kier alpha value is -1.95. The van der Waals surface area contributed by atoms with Gasteiger partial charge in [-0.05, 0) is 17.5 Å². The van der Waals surface area contributed by atoms with Crippen molar-refractivity contribution in [1.29, 1.82) is 0 Å². The Kier molecular flexibility index (Phi) is 4.03. The Morgan fingerprint density at radius 3 is 2.22 bits per heavy atom. The first-order chi connectivity index (χ1) is 8.21. The van der Waals surface area contributed by atoms with Gasteiger partial charge in [0, 0.05) is 17.8 Å². The number of nitrogens with zero attached hydrogens (tertiary/aromatic N) is 1. The minimum atomic E-state index is -0.646. The molecular formula is C12H17N3O3. The summed E-state index contributed by atoms with van der Waals surface area (Å²) in [6, 6.07) is 4.97. The number of rotatable bonds is 3. The maximum absolute atomic E-state index is 11.8. The predicted octanol–water partition coefficient (Wildman–Crippen LogP) is 1.91. The average Bonchev–Trinajstić information content (AvgIpc) is 2.27. The van der Waals surface area contributed by atoms with Gasteiger partial charge in [-0.3, -0.25) is 14.9 Å². The van der Waals surface area contributed by atoms with Crippen molar-refractivity contribution in [2.45, 2.75) is 26.8 Å². The molecule has 0 radical (unpaired) electrons. The highest BCUT2D eigenvalue weighted by Gasteiger charge is 2.27. The van der Waals surface area contributed by atoms with Crippen LogP contribution in [0.4, 0.5) is 11.4 Å². The van der Waals surface area contributed by atoms with E-state index in [0.29, 0.717) is 5.69 Å². The summed E-state index contributed by atoms with van der Waals surface area (Å²) in [5.41, 5.74) is 5.93. The lowest BCUT2D eigenvalue weighted by atomic mass is 9.87. The van der Waals surface area contributed by atoms with Crippen molar-refractivity contribution >= 4 is 17.3 Å². The lowest BCUT2D eigenvalue weighted by molar-refractivity contribution is -0.384. The minimum Gasteiger partial charge on any atom is -0.325 e. The quantitative estimate of drug-likeness (QED) is 0.633. The number of carbonyl (C=O) groups excluding carboxylic acids is 1. The molecule has 6 heteroatoms. The van der Waals surface area contributed by atoms with Crippen LogP contribution in [0.25, 0.3) is 0 Å². The third-order valence-electron chi connectivity index (χ3n) is 2.56. The number of benzene rings is 1. The smallest absolute Gasteiger partial charge is 0.269 e. The number of hydrogen-bond acceptors (Lipinski definition) is 4. The molecule has 0 aliphatic carbocycles. The van der Waals surface area contributed by atoms with Gasteiger partial charge >= 0.3 is 0 Å². The van der Waals surface area contributed by atoms with E-state index in [4.69, 9.17) is 5.73 Å². The van der Waals surface area contributed by atoms with Gasteiger partial charge in [-0.15, -0.1) is 0 Å². The molecule has 0 bridgehead atoms. The van der Waals surface area contributed by atoms with Crippen molar-refractivity contribution in [2.75, 3.05) is 5.32 Å². The van der Waals surface area contributed by atoms with Crippen molar-refractivity contribution in [3.8, 4) is 0 Å². The highest BCUT2D eigenvalue weighted by molar-refractivity contribution is 5.95. The molecule has 0 aliphatic heterocycles. The van der Waals surface area contributed by atoms with Gasteiger partial charge in [0.1, 0.15) is 0 Å². The normalized spacial score (nSPS) is 12.9. The number of nitrogens with two attached hydrogens (primary N) is 1. The lowest BCUT2D eigenvalue weighted by Gasteiger charge is -2.25. The second-order valence-electron chi connectivity index (χ2n) is 5.14. The van der Waals surface area contributed by atoms with Crippen LogP contribution < -0.4 is 11.1 Å². The molecule has 1 aromatic rings. The van der Waals surface area contributed by atoms with Gasteiger partial charge < -0.3 is 11.1 Å². The largest absolute Gasteiger partial charge is 0.325 e.